The molecular formula is C34H40ClN5O6S. The lowest BCUT2D eigenvalue weighted by Gasteiger charge is -2.38. The molecule has 2 saturated heterocycles. The Morgan fingerprint density at radius 3 is 2.15 bits per heavy atom. The fraction of sp³-hybridized carbons (Fsp3) is 0.412. The number of amides is 1. The maximum absolute atomic E-state index is 14.6. The molecule has 11 nitrogen and oxygen atoms in total. The molecule has 3 aromatic carbocycles. The smallest absolute Gasteiger partial charge is 0.344 e. The number of imidazole rings is 1. The summed E-state index contributed by atoms with van der Waals surface area (Å²) in [5.41, 5.74) is 0.00720. The molecule has 3 heterocycles. The van der Waals surface area contributed by atoms with Crippen LogP contribution in [0.5, 0.6) is 11.5 Å². The molecule has 0 N–H and O–H groups in total. The van der Waals surface area contributed by atoms with Gasteiger partial charge in [-0.05, 0) is 79.5 Å². The van der Waals surface area contributed by atoms with Gasteiger partial charge in [0, 0.05) is 50.3 Å². The van der Waals surface area contributed by atoms with Crippen molar-refractivity contribution in [1.29, 1.82) is 0 Å². The molecule has 2 unspecified atom stereocenters. The van der Waals surface area contributed by atoms with Gasteiger partial charge in [0.1, 0.15) is 17.5 Å². The molecule has 250 valence electrons. The molecule has 0 saturated carbocycles. The van der Waals surface area contributed by atoms with Crippen molar-refractivity contribution in [2.75, 3.05) is 60.0 Å². The van der Waals surface area contributed by atoms with E-state index in [1.807, 2.05) is 0 Å². The van der Waals surface area contributed by atoms with Crippen LogP contribution in [0, 0.1) is 0 Å². The van der Waals surface area contributed by atoms with Crippen LogP contribution in [0.3, 0.4) is 0 Å². The van der Waals surface area contributed by atoms with Gasteiger partial charge in [0.05, 0.1) is 30.1 Å². The zero-order chi connectivity index (χ0) is 33.3. The van der Waals surface area contributed by atoms with Crippen molar-refractivity contribution in [3.63, 3.8) is 0 Å². The van der Waals surface area contributed by atoms with Gasteiger partial charge in [0.2, 0.25) is 0 Å². The summed E-state index contributed by atoms with van der Waals surface area (Å²) in [6.07, 6.45) is 1.95. The second kappa shape index (κ2) is 13.7. The molecule has 0 radical (unpaired) electrons. The summed E-state index contributed by atoms with van der Waals surface area (Å²) in [4.78, 5) is 35.8. The minimum Gasteiger partial charge on any atom is -0.497 e. The van der Waals surface area contributed by atoms with Crippen LogP contribution in [-0.4, -0.2) is 104 Å². The predicted octanol–water partition coefficient (Wildman–Crippen LogP) is 3.93. The highest BCUT2D eigenvalue weighted by molar-refractivity contribution is 7.90. The summed E-state index contributed by atoms with van der Waals surface area (Å²) >= 11 is 6.44. The van der Waals surface area contributed by atoms with Gasteiger partial charge in [-0.25, -0.2) is 13.2 Å². The van der Waals surface area contributed by atoms with Crippen LogP contribution in [0.25, 0.3) is 11.0 Å². The lowest BCUT2D eigenvalue weighted by Crippen LogP contribution is -2.51. The van der Waals surface area contributed by atoms with Crippen molar-refractivity contribution >= 4 is 38.6 Å². The number of nitrogens with zero attached hydrogens (tertiary/aromatic N) is 5. The standard InChI is InChI=1S/C34H40ClN5O6S/c1-4-16-36-18-20-37(21-19-36)26-15-17-38(23-26)33(41)32(24-5-8-27(45-2)9-6-24)39-31-22-25(35)7-14-30(31)40(34(39)42)47(43,44)29-12-10-28(46-3)11-13-29/h5-14,22,26,32H,4,15-21,23H2,1-3H3. The fourth-order valence-corrected chi connectivity index (χ4v) is 8.33. The Bertz CT molecular complexity index is 1900. The van der Waals surface area contributed by atoms with Crippen LogP contribution in [-0.2, 0) is 14.8 Å². The van der Waals surface area contributed by atoms with E-state index in [1.165, 1.54) is 54.1 Å². The summed E-state index contributed by atoms with van der Waals surface area (Å²) in [6.45, 7) is 8.24. The first-order chi connectivity index (χ1) is 22.7. The molecule has 0 bridgehead atoms. The van der Waals surface area contributed by atoms with E-state index in [2.05, 4.69) is 16.7 Å². The zero-order valence-corrected chi connectivity index (χ0v) is 28.4. The average molecular weight is 682 g/mol. The third-order valence-electron chi connectivity index (χ3n) is 9.26. The minimum absolute atomic E-state index is 0.0943. The Balaban J connectivity index is 1.42. The van der Waals surface area contributed by atoms with Gasteiger partial charge in [0.15, 0.2) is 0 Å². The summed E-state index contributed by atoms with van der Waals surface area (Å²) in [5.74, 6) is 0.774. The molecule has 2 aliphatic rings. The number of fused-ring (bicyclic) bond motifs is 1. The van der Waals surface area contributed by atoms with Gasteiger partial charge >= 0.3 is 5.69 Å². The first-order valence-corrected chi connectivity index (χ1v) is 17.7. The average Bonchev–Trinajstić information content (AvgIpc) is 3.69. The largest absolute Gasteiger partial charge is 0.497 e. The number of carbonyl (C=O) groups is 1. The van der Waals surface area contributed by atoms with E-state index >= 15 is 0 Å². The number of piperazine rings is 1. The van der Waals surface area contributed by atoms with Gasteiger partial charge in [-0.1, -0.05) is 30.7 Å². The quantitative estimate of drug-likeness (QED) is 0.248. The Kier molecular flexibility index (Phi) is 9.65. The first kappa shape index (κ1) is 33.1. The van der Waals surface area contributed by atoms with Crippen molar-refractivity contribution in [1.82, 2.24) is 23.2 Å². The van der Waals surface area contributed by atoms with E-state index < -0.39 is 21.8 Å². The van der Waals surface area contributed by atoms with Crippen molar-refractivity contribution in [2.24, 2.45) is 0 Å². The number of likely N-dealkylation sites (tertiary alicyclic amines) is 1. The Morgan fingerprint density at radius 2 is 1.53 bits per heavy atom. The van der Waals surface area contributed by atoms with Gasteiger partial charge in [-0.2, -0.15) is 3.97 Å². The number of halogens is 1. The van der Waals surface area contributed by atoms with Crippen LogP contribution in [0.15, 0.2) is 76.4 Å². The topological polar surface area (TPSA) is 106 Å². The number of hydrogen-bond acceptors (Lipinski definition) is 8. The van der Waals surface area contributed by atoms with Crippen molar-refractivity contribution in [2.45, 2.75) is 36.7 Å². The summed E-state index contributed by atoms with van der Waals surface area (Å²) in [5, 5.41) is 0.301. The number of aromatic nitrogens is 2. The maximum atomic E-state index is 14.6. The van der Waals surface area contributed by atoms with Crippen LogP contribution in [0.4, 0.5) is 0 Å². The highest BCUT2D eigenvalue weighted by atomic mass is 35.5. The molecule has 2 atom stereocenters. The molecule has 2 fully saturated rings. The summed E-state index contributed by atoms with van der Waals surface area (Å²) in [7, 11) is -1.35. The molecule has 13 heteroatoms. The van der Waals surface area contributed by atoms with E-state index in [0.29, 0.717) is 35.2 Å². The zero-order valence-electron chi connectivity index (χ0n) is 26.8. The van der Waals surface area contributed by atoms with Crippen molar-refractivity contribution in [3.8, 4) is 11.5 Å². The molecule has 2 aliphatic heterocycles. The van der Waals surface area contributed by atoms with Crippen LogP contribution >= 0.6 is 11.6 Å². The Morgan fingerprint density at radius 1 is 0.894 bits per heavy atom. The third-order valence-corrected chi connectivity index (χ3v) is 11.2. The van der Waals surface area contributed by atoms with E-state index in [4.69, 9.17) is 21.1 Å². The minimum atomic E-state index is -4.39. The molecule has 47 heavy (non-hydrogen) atoms. The fourth-order valence-electron chi connectivity index (χ4n) is 6.77. The first-order valence-electron chi connectivity index (χ1n) is 15.9. The van der Waals surface area contributed by atoms with Gasteiger partial charge in [0.25, 0.3) is 15.9 Å². The molecule has 4 aromatic rings. The van der Waals surface area contributed by atoms with E-state index in [-0.39, 0.29) is 27.9 Å². The predicted molar refractivity (Wildman–Crippen MR) is 181 cm³/mol. The van der Waals surface area contributed by atoms with E-state index in [0.717, 1.165) is 49.5 Å². The molecule has 1 aromatic heterocycles. The normalized spacial score (nSPS) is 18.5. The number of carbonyl (C=O) groups excluding carboxylic acids is 1. The number of hydrogen-bond donors (Lipinski definition) is 0. The highest BCUT2D eigenvalue weighted by Gasteiger charge is 2.38. The monoisotopic (exact) mass is 681 g/mol. The summed E-state index contributed by atoms with van der Waals surface area (Å²) < 4.78 is 40.7. The third kappa shape index (κ3) is 6.39. The highest BCUT2D eigenvalue weighted by Crippen LogP contribution is 2.31. The Hall–Kier alpha value is -3.84. The maximum Gasteiger partial charge on any atom is 0.344 e. The Labute approximate surface area is 279 Å². The second-order valence-corrected chi connectivity index (χ2v) is 14.2. The van der Waals surface area contributed by atoms with Crippen LogP contribution in [0.2, 0.25) is 5.02 Å². The summed E-state index contributed by atoms with van der Waals surface area (Å²) in [6, 6.07) is 16.4. The van der Waals surface area contributed by atoms with Gasteiger partial charge < -0.3 is 19.3 Å². The molecule has 1 amide bonds. The molecular weight excluding hydrogens is 642 g/mol. The molecule has 0 aliphatic carbocycles. The van der Waals surface area contributed by atoms with Gasteiger partial charge in [-0.15, -0.1) is 0 Å². The molecule has 6 rings (SSSR count). The number of rotatable bonds is 10. The second-order valence-electron chi connectivity index (χ2n) is 12.0. The number of methoxy groups -OCH3 is 2. The van der Waals surface area contributed by atoms with Gasteiger partial charge in [-0.3, -0.25) is 14.3 Å². The van der Waals surface area contributed by atoms with Crippen LogP contribution < -0.4 is 15.2 Å². The lowest BCUT2D eigenvalue weighted by molar-refractivity contribution is -0.132. The lowest BCUT2D eigenvalue weighted by atomic mass is 10.0. The van der Waals surface area contributed by atoms with Crippen molar-refractivity contribution < 1.29 is 22.7 Å². The molecule has 0 spiro atoms. The number of ether oxygens (including phenoxy) is 2. The number of benzene rings is 3. The van der Waals surface area contributed by atoms with E-state index in [1.54, 1.807) is 36.3 Å². The SMILES string of the molecule is CCCN1CCN(C2CCN(C(=O)C(c3ccc(OC)cc3)n3c(=O)n(S(=O)(=O)c4ccc(OC)cc4)c4ccc(Cl)cc43)C2)CC1. The van der Waals surface area contributed by atoms with E-state index in [9.17, 15) is 18.0 Å². The van der Waals surface area contributed by atoms with Crippen LogP contribution in [0.1, 0.15) is 31.4 Å². The van der Waals surface area contributed by atoms with Crippen molar-refractivity contribution in [3.05, 3.63) is 87.8 Å².